The lowest BCUT2D eigenvalue weighted by Crippen LogP contribution is -1.97. The third kappa shape index (κ3) is 9.40. The molecule has 17 heteroatoms. The van der Waals surface area contributed by atoms with Gasteiger partial charge < -0.3 is 9.84 Å². The highest BCUT2D eigenvalue weighted by Gasteiger charge is 2.20. The van der Waals surface area contributed by atoms with Crippen molar-refractivity contribution in [3.63, 3.8) is 0 Å². The number of pyridine rings is 6. The molecule has 0 fully saturated rings. The maximum Gasteiger partial charge on any atom is 0.219 e. The molecule has 416 valence electrons. The van der Waals surface area contributed by atoms with Gasteiger partial charge in [-0.15, -0.1) is 0 Å². The molecule has 0 bridgehead atoms. The monoisotopic (exact) mass is 1190 g/mol. The van der Waals surface area contributed by atoms with Crippen LogP contribution >= 0.6 is 15.9 Å². The third-order valence-corrected chi connectivity index (χ3v) is 15.3. The quantitative estimate of drug-likeness (QED) is 0.104. The molecule has 0 atom stereocenters. The molecule has 0 aliphatic carbocycles. The first-order chi connectivity index (χ1) is 41.6. The van der Waals surface area contributed by atoms with Crippen LogP contribution in [0, 0.1) is 40.1 Å². The Morgan fingerprint density at radius 1 is 0.414 bits per heavy atom. The smallest absolute Gasteiger partial charge is 0.219 e. The number of phenols is 1. The Bertz CT molecular complexity index is 5640. The van der Waals surface area contributed by atoms with Crippen LogP contribution in [0.4, 0.5) is 22.7 Å². The number of fused-ring (bicyclic) bond motifs is 18. The van der Waals surface area contributed by atoms with Crippen LogP contribution in [0.1, 0.15) is 26.2 Å². The predicted molar refractivity (Wildman–Crippen MR) is 351 cm³/mol. The molecule has 16 nitrogen and oxygen atoms in total. The van der Waals surface area contributed by atoms with E-state index in [-0.39, 0.29) is 20.6 Å². The van der Waals surface area contributed by atoms with E-state index < -0.39 is 0 Å². The Morgan fingerprint density at radius 3 is 1.38 bits per heavy atom. The van der Waals surface area contributed by atoms with Crippen molar-refractivity contribution in [3.05, 3.63) is 256 Å². The molecule has 6 aromatic carbocycles. The summed E-state index contributed by atoms with van der Waals surface area (Å²) in [7, 11) is 0. The standard InChI is InChI=1S/C34H19N7O.C17H8BrN5.C17H12N2O.2CH4/c1-20-16-31-34-24(25-18-26(35-2)27(36-3)19-30(25)41(31)39-20)13-14-33(38-34)42-21-11-12-23-22-8-4-5-9-28(22)40(29(23)17-21)32-10-6-7-15-37-32;1-9-6-15-17-10(4-5-16(18)21-17)11-7-12(19-2)13(20-3)8-14(11)23(15)22-9;20-12-8-9-14-13-5-1-2-6-15(13)19(16(14)11-12)17-7-3-4-10-18-17;;/h4-19H,1H3;4-8H,1H3;1-11,20H;2*1H4. The van der Waals surface area contributed by atoms with Crippen molar-refractivity contribution in [3.8, 4) is 29.0 Å². The van der Waals surface area contributed by atoms with E-state index in [1.807, 2.05) is 129 Å². The van der Waals surface area contributed by atoms with E-state index in [4.69, 9.17) is 36.0 Å². The van der Waals surface area contributed by atoms with Gasteiger partial charge in [0.2, 0.25) is 5.88 Å². The number of benzene rings is 6. The molecule has 10 aromatic heterocycles. The van der Waals surface area contributed by atoms with Gasteiger partial charge in [0.05, 0.1) is 87.3 Å². The molecule has 87 heavy (non-hydrogen) atoms. The number of nitrogens with zero attached hydrogens (tertiary/aromatic N) is 14. The Kier molecular flexibility index (Phi) is 14.2. The van der Waals surface area contributed by atoms with Crippen LogP contribution in [0.25, 0.3) is 129 Å². The number of aromatic hydroxyl groups is 1. The fourth-order valence-electron chi connectivity index (χ4n) is 11.3. The molecule has 10 heterocycles. The minimum Gasteiger partial charge on any atom is -0.508 e. The van der Waals surface area contributed by atoms with Crippen LogP contribution in [0.15, 0.2) is 199 Å². The normalized spacial score (nSPS) is 11.0. The van der Waals surface area contributed by atoms with Crippen LogP contribution in [0.2, 0.25) is 0 Å². The molecule has 0 unspecified atom stereocenters. The SMILES string of the molecule is C.C.Oc1ccc2c3ccccc3n(-c3ccccn3)c2c1.[C-]#[N+]c1cc2c3ccc(Br)nc3c3cc(C)nn3c2cc1[N+]#[C-].[C-]#[N+]c1cc2c3ccc(Oc4ccc5c6ccccc6n(-c6ccccn6)c5c4)nc3c3cc(C)nn3c2cc1[N+]#[C-]. The lowest BCUT2D eigenvalue weighted by molar-refractivity contribution is 0.466. The Morgan fingerprint density at radius 2 is 0.862 bits per heavy atom. The molecule has 0 saturated heterocycles. The van der Waals surface area contributed by atoms with E-state index in [0.717, 1.165) is 120 Å². The van der Waals surface area contributed by atoms with Gasteiger partial charge in [-0.2, -0.15) is 10.2 Å². The summed E-state index contributed by atoms with van der Waals surface area (Å²) < 4.78 is 14.9. The predicted octanol–water partition coefficient (Wildman–Crippen LogP) is 19.1. The van der Waals surface area contributed by atoms with Gasteiger partial charge in [0, 0.05) is 62.9 Å². The van der Waals surface area contributed by atoms with E-state index in [0.29, 0.717) is 39.9 Å². The summed E-state index contributed by atoms with van der Waals surface area (Å²) in [6, 6.07) is 58.2. The second-order valence-electron chi connectivity index (χ2n) is 20.0. The first-order valence-corrected chi connectivity index (χ1v) is 27.3. The molecule has 0 amide bonds. The largest absolute Gasteiger partial charge is 0.508 e. The summed E-state index contributed by atoms with van der Waals surface area (Å²) in [5.41, 5.74) is 11.9. The maximum atomic E-state index is 9.79. The van der Waals surface area contributed by atoms with Gasteiger partial charge in [-0.25, -0.2) is 29.0 Å². The molecule has 0 spiro atoms. The molecular formula is C70H47BrN14O2. The molecule has 16 rings (SSSR count). The van der Waals surface area contributed by atoms with Gasteiger partial charge in [0.1, 0.15) is 33.3 Å². The minimum atomic E-state index is 0. The fraction of sp³-hybridized carbons (Fsp3) is 0.0571. The summed E-state index contributed by atoms with van der Waals surface area (Å²) in [5, 5.41) is 27.0. The number of hydrogen-bond donors (Lipinski definition) is 1. The molecule has 1 N–H and O–H groups in total. The number of halogens is 1. The van der Waals surface area contributed by atoms with Gasteiger partial charge in [-0.1, -0.05) is 75.5 Å². The van der Waals surface area contributed by atoms with Gasteiger partial charge >= 0.3 is 0 Å². The Hall–Kier alpha value is -12.0. The van der Waals surface area contributed by atoms with Crippen LogP contribution in [-0.2, 0) is 0 Å². The number of para-hydroxylation sites is 2. The van der Waals surface area contributed by atoms with Gasteiger partial charge in [0.15, 0.2) is 22.7 Å². The average molecular weight is 1200 g/mol. The highest BCUT2D eigenvalue weighted by atomic mass is 79.9. The molecular weight excluding hydrogens is 1150 g/mol. The average Bonchev–Trinajstić information content (AvgIpc) is 1.84. The lowest BCUT2D eigenvalue weighted by Gasteiger charge is -2.11. The molecule has 16 aromatic rings. The number of rotatable bonds is 4. The topological polar surface area (TPSA) is 143 Å². The van der Waals surface area contributed by atoms with Crippen molar-refractivity contribution < 1.29 is 9.84 Å². The molecule has 0 saturated carbocycles. The van der Waals surface area contributed by atoms with Gasteiger partial charge in [-0.3, -0.25) is 28.5 Å². The van der Waals surface area contributed by atoms with Crippen LogP contribution < -0.4 is 4.74 Å². The summed E-state index contributed by atoms with van der Waals surface area (Å²) in [4.78, 5) is 32.6. The first kappa shape index (κ1) is 55.5. The third-order valence-electron chi connectivity index (χ3n) is 14.9. The summed E-state index contributed by atoms with van der Waals surface area (Å²) in [5.74, 6) is 3.02. The second-order valence-corrected chi connectivity index (χ2v) is 20.8. The van der Waals surface area contributed by atoms with E-state index in [9.17, 15) is 5.11 Å². The van der Waals surface area contributed by atoms with Crippen molar-refractivity contribution in [1.29, 1.82) is 0 Å². The lowest BCUT2D eigenvalue weighted by atomic mass is 10.1. The molecule has 0 aliphatic heterocycles. The Balaban J connectivity index is 0.000000139. The number of aromatic nitrogens is 10. The highest BCUT2D eigenvalue weighted by Crippen LogP contribution is 2.41. The number of phenolic OH excluding ortho intramolecular Hbond substituents is 1. The fourth-order valence-corrected chi connectivity index (χ4v) is 11.6. The van der Waals surface area contributed by atoms with Gasteiger partial charge in [0.25, 0.3) is 0 Å². The first-order valence-electron chi connectivity index (χ1n) is 26.5. The summed E-state index contributed by atoms with van der Waals surface area (Å²) in [6.07, 6.45) is 3.57. The summed E-state index contributed by atoms with van der Waals surface area (Å²) in [6.45, 7) is 33.6. The number of aryl methyl sites for hydroxylation is 2. The van der Waals surface area contributed by atoms with Crippen molar-refractivity contribution in [2.24, 2.45) is 0 Å². The van der Waals surface area contributed by atoms with Crippen molar-refractivity contribution in [1.82, 2.24) is 48.3 Å². The zero-order valence-electron chi connectivity index (χ0n) is 45.0. The van der Waals surface area contributed by atoms with Crippen molar-refractivity contribution in [2.45, 2.75) is 28.7 Å². The van der Waals surface area contributed by atoms with E-state index in [2.05, 4.69) is 99.9 Å². The maximum absolute atomic E-state index is 9.79. The number of ether oxygens (including phenoxy) is 1. The number of hydrogen-bond acceptors (Lipinski definition) is 8. The zero-order valence-corrected chi connectivity index (χ0v) is 46.6. The van der Waals surface area contributed by atoms with E-state index in [1.54, 1.807) is 57.8 Å². The van der Waals surface area contributed by atoms with Crippen LogP contribution in [0.3, 0.4) is 0 Å². The minimum absolute atomic E-state index is 0. The van der Waals surface area contributed by atoms with Crippen molar-refractivity contribution >= 4 is 137 Å². The van der Waals surface area contributed by atoms with Crippen molar-refractivity contribution in [2.75, 3.05) is 0 Å². The van der Waals surface area contributed by atoms with Crippen LogP contribution in [-0.4, -0.2) is 53.4 Å². The zero-order chi connectivity index (χ0) is 58.0. The highest BCUT2D eigenvalue weighted by molar-refractivity contribution is 9.10. The van der Waals surface area contributed by atoms with E-state index in [1.165, 1.54) is 0 Å². The molecule has 0 aliphatic rings. The van der Waals surface area contributed by atoms with E-state index >= 15 is 0 Å². The Labute approximate surface area is 506 Å². The second kappa shape index (κ2) is 22.3. The van der Waals surface area contributed by atoms with Gasteiger partial charge in [-0.05, 0) is 144 Å². The molecule has 0 radical (unpaired) electrons. The van der Waals surface area contributed by atoms with Crippen LogP contribution in [0.5, 0.6) is 17.4 Å². The summed E-state index contributed by atoms with van der Waals surface area (Å²) >= 11 is 3.41.